The summed E-state index contributed by atoms with van der Waals surface area (Å²) in [5.41, 5.74) is 1.28. The first-order valence-corrected chi connectivity index (χ1v) is 5.06. The van der Waals surface area contributed by atoms with Crippen molar-refractivity contribution in [2.45, 2.75) is 31.6 Å². The van der Waals surface area contributed by atoms with E-state index in [1.807, 2.05) is 0 Å². The lowest BCUT2D eigenvalue weighted by atomic mass is 9.64. The highest BCUT2D eigenvalue weighted by atomic mass is 16.5. The van der Waals surface area contributed by atoms with Gasteiger partial charge in [-0.3, -0.25) is 0 Å². The zero-order valence-electron chi connectivity index (χ0n) is 8.62. The Kier molecular flexibility index (Phi) is 4.01. The molecule has 1 aliphatic carbocycles. The summed E-state index contributed by atoms with van der Waals surface area (Å²) in [5, 5.41) is 8.92. The van der Waals surface area contributed by atoms with Crippen LogP contribution in [0.1, 0.15) is 12.8 Å². The Balaban J connectivity index is 2.62. The van der Waals surface area contributed by atoms with E-state index in [1.165, 1.54) is 5.57 Å². The minimum absolute atomic E-state index is 0.236. The molecule has 1 fully saturated rings. The third kappa shape index (κ3) is 2.15. The average Bonchev–Trinajstić information content (AvgIpc) is 2.45. The quantitative estimate of drug-likeness (QED) is 0.523. The van der Waals surface area contributed by atoms with Crippen LogP contribution in [0.2, 0.25) is 12.6 Å². The molecule has 1 aliphatic rings. The summed E-state index contributed by atoms with van der Waals surface area (Å²) in [4.78, 5) is 0. The molecule has 0 amide bonds. The first-order chi connectivity index (χ1) is 6.24. The van der Waals surface area contributed by atoms with Crippen molar-refractivity contribution >= 4 is 7.28 Å². The molecule has 0 aromatic carbocycles. The zero-order chi connectivity index (χ0) is 9.84. The molecule has 0 spiro atoms. The van der Waals surface area contributed by atoms with Crippen LogP contribution in [0.5, 0.6) is 0 Å². The van der Waals surface area contributed by atoms with Crippen LogP contribution < -0.4 is 0 Å². The zero-order valence-corrected chi connectivity index (χ0v) is 8.62. The molecule has 0 radical (unpaired) electrons. The number of hydrogen-bond donors (Lipinski definition) is 1. The topological polar surface area (TPSA) is 29.5 Å². The van der Waals surface area contributed by atoms with E-state index in [4.69, 9.17) is 9.84 Å². The predicted molar refractivity (Wildman–Crippen MR) is 56.5 cm³/mol. The van der Waals surface area contributed by atoms with Crippen LogP contribution in [0, 0.1) is 5.92 Å². The van der Waals surface area contributed by atoms with Crippen LogP contribution in [0.25, 0.3) is 0 Å². The van der Waals surface area contributed by atoms with Gasteiger partial charge in [0.15, 0.2) is 0 Å². The van der Waals surface area contributed by atoms with Crippen molar-refractivity contribution in [1.29, 1.82) is 0 Å². The lowest BCUT2D eigenvalue weighted by Gasteiger charge is -2.17. The molecule has 74 valence electrons. The Labute approximate surface area is 81.2 Å². The molecule has 0 aromatic heterocycles. The molecule has 0 bridgehead atoms. The van der Waals surface area contributed by atoms with E-state index in [0.717, 1.165) is 20.1 Å². The van der Waals surface area contributed by atoms with E-state index < -0.39 is 0 Å². The first kappa shape index (κ1) is 10.8. The van der Waals surface area contributed by atoms with Crippen molar-refractivity contribution in [3.05, 3.63) is 12.2 Å². The maximum Gasteiger partial charge on any atom is 0.126 e. The summed E-state index contributed by atoms with van der Waals surface area (Å²) in [6, 6.07) is 0. The van der Waals surface area contributed by atoms with Crippen molar-refractivity contribution in [3.63, 3.8) is 0 Å². The van der Waals surface area contributed by atoms with Gasteiger partial charge >= 0.3 is 0 Å². The summed E-state index contributed by atoms with van der Waals surface area (Å²) in [6.07, 6.45) is 2.16. The van der Waals surface area contributed by atoms with Crippen molar-refractivity contribution in [1.82, 2.24) is 0 Å². The van der Waals surface area contributed by atoms with Gasteiger partial charge in [0.25, 0.3) is 0 Å². The Morgan fingerprint density at radius 3 is 2.85 bits per heavy atom. The fourth-order valence-corrected chi connectivity index (χ4v) is 2.34. The summed E-state index contributed by atoms with van der Waals surface area (Å²) in [5.74, 6) is 0.974. The van der Waals surface area contributed by atoms with Crippen molar-refractivity contribution in [2.24, 2.45) is 5.92 Å². The highest BCUT2D eigenvalue weighted by molar-refractivity contribution is 6.37. The van der Waals surface area contributed by atoms with E-state index >= 15 is 0 Å². The van der Waals surface area contributed by atoms with E-state index in [-0.39, 0.29) is 12.7 Å². The van der Waals surface area contributed by atoms with E-state index in [0.29, 0.717) is 11.7 Å². The Morgan fingerprint density at radius 1 is 1.69 bits per heavy atom. The van der Waals surface area contributed by atoms with Gasteiger partial charge in [-0.05, 0) is 18.7 Å². The van der Waals surface area contributed by atoms with Gasteiger partial charge in [-0.1, -0.05) is 19.0 Å². The molecule has 0 aromatic rings. The Hall–Kier alpha value is -0.275. The SMILES string of the molecule is C=C1[C@@H](BC)CC(OC)[C@H]1CCO. The molecule has 3 heteroatoms. The van der Waals surface area contributed by atoms with Crippen LogP contribution in [0.15, 0.2) is 12.2 Å². The van der Waals surface area contributed by atoms with Crippen LogP contribution in [-0.4, -0.2) is 32.2 Å². The first-order valence-electron chi connectivity index (χ1n) is 5.06. The van der Waals surface area contributed by atoms with E-state index in [1.54, 1.807) is 7.11 Å². The number of aliphatic hydroxyl groups is 1. The standard InChI is InChI=1S/C10H19BO2/c1-7-8(4-5-12)10(13-3)6-9(7)11-2/h8-12H,1,4-6H2,2-3H3/t8-,9-,10?/m0/s1. The number of hydrogen-bond acceptors (Lipinski definition) is 2. The van der Waals surface area contributed by atoms with Gasteiger partial charge in [0.2, 0.25) is 0 Å². The maximum atomic E-state index is 8.92. The summed E-state index contributed by atoms with van der Waals surface area (Å²) in [7, 11) is 2.89. The molecule has 1 N–H and O–H groups in total. The van der Waals surface area contributed by atoms with Crippen LogP contribution >= 0.6 is 0 Å². The third-order valence-electron chi connectivity index (χ3n) is 3.20. The van der Waals surface area contributed by atoms with Crippen LogP contribution in [-0.2, 0) is 4.74 Å². The molecule has 0 heterocycles. The molecule has 1 unspecified atom stereocenters. The second kappa shape index (κ2) is 4.82. The predicted octanol–water partition coefficient (Wildman–Crippen LogP) is 1.23. The molecular formula is C10H19BO2. The lowest BCUT2D eigenvalue weighted by molar-refractivity contribution is 0.0682. The third-order valence-corrected chi connectivity index (χ3v) is 3.20. The van der Waals surface area contributed by atoms with Gasteiger partial charge in [0.1, 0.15) is 7.28 Å². The summed E-state index contributed by atoms with van der Waals surface area (Å²) >= 11 is 0. The van der Waals surface area contributed by atoms with Crippen LogP contribution in [0.4, 0.5) is 0 Å². The van der Waals surface area contributed by atoms with Crippen LogP contribution in [0.3, 0.4) is 0 Å². The van der Waals surface area contributed by atoms with Gasteiger partial charge in [-0.25, -0.2) is 0 Å². The molecule has 3 atom stereocenters. The molecule has 13 heavy (non-hydrogen) atoms. The highest BCUT2D eigenvalue weighted by Gasteiger charge is 2.36. The van der Waals surface area contributed by atoms with Gasteiger partial charge in [-0.2, -0.15) is 0 Å². The minimum Gasteiger partial charge on any atom is -0.396 e. The summed E-state index contributed by atoms with van der Waals surface area (Å²) in [6.45, 7) is 6.53. The molecule has 2 nitrogen and oxygen atoms in total. The van der Waals surface area contributed by atoms with Crippen molar-refractivity contribution < 1.29 is 9.84 Å². The molecule has 0 aliphatic heterocycles. The highest BCUT2D eigenvalue weighted by Crippen LogP contribution is 2.42. The van der Waals surface area contributed by atoms with E-state index in [9.17, 15) is 0 Å². The van der Waals surface area contributed by atoms with Gasteiger partial charge in [0, 0.05) is 19.6 Å². The Bertz CT molecular complexity index is 182. The molecular weight excluding hydrogens is 163 g/mol. The van der Waals surface area contributed by atoms with E-state index in [2.05, 4.69) is 13.4 Å². The smallest absolute Gasteiger partial charge is 0.126 e. The molecule has 0 saturated heterocycles. The fourth-order valence-electron chi connectivity index (χ4n) is 2.34. The fraction of sp³-hybridized carbons (Fsp3) is 0.800. The number of rotatable bonds is 4. The molecule has 1 saturated carbocycles. The van der Waals surface area contributed by atoms with Gasteiger partial charge in [0.05, 0.1) is 6.10 Å². The van der Waals surface area contributed by atoms with Crippen molar-refractivity contribution in [2.75, 3.05) is 13.7 Å². The second-order valence-electron chi connectivity index (χ2n) is 3.81. The number of ether oxygens (including phenoxy) is 1. The van der Waals surface area contributed by atoms with Gasteiger partial charge < -0.3 is 9.84 Å². The normalized spacial score (nSPS) is 33.8. The molecule has 1 rings (SSSR count). The monoisotopic (exact) mass is 182 g/mol. The average molecular weight is 182 g/mol. The lowest BCUT2D eigenvalue weighted by Crippen LogP contribution is -2.18. The summed E-state index contributed by atoms with van der Waals surface area (Å²) < 4.78 is 5.41. The Morgan fingerprint density at radius 2 is 2.38 bits per heavy atom. The minimum atomic E-state index is 0.236. The maximum absolute atomic E-state index is 8.92. The number of aliphatic hydroxyl groups excluding tert-OH is 1. The van der Waals surface area contributed by atoms with Crippen molar-refractivity contribution in [3.8, 4) is 0 Å². The van der Waals surface area contributed by atoms with Gasteiger partial charge in [-0.15, -0.1) is 0 Å². The second-order valence-corrected chi connectivity index (χ2v) is 3.81. The largest absolute Gasteiger partial charge is 0.396 e. The number of methoxy groups -OCH3 is 1.